The maximum absolute atomic E-state index is 13.0. The molecule has 0 spiro atoms. The molecule has 1 aliphatic rings. The lowest BCUT2D eigenvalue weighted by Crippen LogP contribution is -2.31. The van der Waals surface area contributed by atoms with E-state index in [2.05, 4.69) is 20.4 Å². The van der Waals surface area contributed by atoms with Crippen molar-refractivity contribution in [2.75, 3.05) is 18.9 Å². The highest BCUT2D eigenvalue weighted by molar-refractivity contribution is 5.95. The molecule has 2 aromatic rings. The molecule has 0 bridgehead atoms. The zero-order chi connectivity index (χ0) is 17.3. The Labute approximate surface area is 142 Å². The van der Waals surface area contributed by atoms with Crippen molar-refractivity contribution >= 4 is 11.7 Å². The molecule has 1 N–H and O–H groups in total. The fraction of sp³-hybridized carbons (Fsp3) is 0.529. The number of nitrogens with zero attached hydrogens (tertiary/aromatic N) is 5. The first kappa shape index (κ1) is 16.4. The van der Waals surface area contributed by atoms with E-state index in [1.807, 2.05) is 49.7 Å². The minimum atomic E-state index is -0.00400. The minimum absolute atomic E-state index is 0.00400. The van der Waals surface area contributed by atoms with Gasteiger partial charge in [-0.3, -0.25) is 9.48 Å². The molecule has 3 heterocycles. The van der Waals surface area contributed by atoms with Crippen LogP contribution in [0.2, 0.25) is 0 Å². The third-order valence-electron chi connectivity index (χ3n) is 4.47. The Morgan fingerprint density at radius 3 is 2.83 bits per heavy atom. The molecule has 1 saturated heterocycles. The Bertz CT molecular complexity index is 754. The smallest absolute Gasteiger partial charge is 0.257 e. The van der Waals surface area contributed by atoms with Crippen LogP contribution in [-0.4, -0.2) is 44.1 Å². The monoisotopic (exact) mass is 328 g/mol. The predicted octanol–water partition coefficient (Wildman–Crippen LogP) is 2.33. The lowest BCUT2D eigenvalue weighted by Gasteiger charge is -2.24. The topological polar surface area (TPSA) is 75.9 Å². The van der Waals surface area contributed by atoms with E-state index in [9.17, 15) is 4.79 Å². The second-order valence-corrected chi connectivity index (χ2v) is 6.12. The van der Waals surface area contributed by atoms with Crippen LogP contribution in [0, 0.1) is 13.8 Å². The number of nitrogens with one attached hydrogen (secondary N) is 1. The van der Waals surface area contributed by atoms with Crippen LogP contribution >= 0.6 is 0 Å². The molecule has 1 amide bonds. The predicted molar refractivity (Wildman–Crippen MR) is 92.0 cm³/mol. The van der Waals surface area contributed by atoms with Crippen molar-refractivity contribution in [2.24, 2.45) is 0 Å². The van der Waals surface area contributed by atoms with Crippen molar-refractivity contribution in [1.82, 2.24) is 24.6 Å². The molecule has 7 heteroatoms. The van der Waals surface area contributed by atoms with Crippen molar-refractivity contribution in [3.63, 3.8) is 0 Å². The Morgan fingerprint density at radius 1 is 1.38 bits per heavy atom. The van der Waals surface area contributed by atoms with Crippen LogP contribution in [0.3, 0.4) is 0 Å². The lowest BCUT2D eigenvalue weighted by atomic mass is 10.1. The van der Waals surface area contributed by atoms with Crippen LogP contribution < -0.4 is 5.32 Å². The molecule has 0 saturated carbocycles. The van der Waals surface area contributed by atoms with E-state index in [0.29, 0.717) is 11.4 Å². The SMILES string of the molecule is CCn1cc(C(=O)N2CCCC2c2cc(NC)nc(C)n2)c(C)n1. The van der Waals surface area contributed by atoms with Crippen molar-refractivity contribution in [2.45, 2.75) is 46.2 Å². The average Bonchev–Trinajstić information content (AvgIpc) is 3.20. The summed E-state index contributed by atoms with van der Waals surface area (Å²) in [4.78, 5) is 23.9. The first-order chi connectivity index (χ1) is 11.5. The number of anilines is 1. The van der Waals surface area contributed by atoms with E-state index in [1.165, 1.54) is 0 Å². The summed E-state index contributed by atoms with van der Waals surface area (Å²) in [6.07, 6.45) is 3.75. The van der Waals surface area contributed by atoms with E-state index < -0.39 is 0 Å². The molecule has 2 aromatic heterocycles. The summed E-state index contributed by atoms with van der Waals surface area (Å²) in [6.45, 7) is 7.29. The maximum Gasteiger partial charge on any atom is 0.257 e. The summed E-state index contributed by atoms with van der Waals surface area (Å²) in [5.74, 6) is 1.54. The van der Waals surface area contributed by atoms with Crippen LogP contribution in [0.5, 0.6) is 0 Å². The van der Waals surface area contributed by atoms with Crippen LogP contribution in [0.4, 0.5) is 5.82 Å². The maximum atomic E-state index is 13.0. The first-order valence-electron chi connectivity index (χ1n) is 8.41. The van der Waals surface area contributed by atoms with Crippen molar-refractivity contribution < 1.29 is 4.79 Å². The fourth-order valence-corrected chi connectivity index (χ4v) is 3.25. The van der Waals surface area contributed by atoms with Gasteiger partial charge in [0.15, 0.2) is 0 Å². The molecule has 3 rings (SSSR count). The highest BCUT2D eigenvalue weighted by Gasteiger charge is 2.33. The molecule has 24 heavy (non-hydrogen) atoms. The fourth-order valence-electron chi connectivity index (χ4n) is 3.25. The number of carbonyl (C=O) groups excluding carboxylic acids is 1. The van der Waals surface area contributed by atoms with Gasteiger partial charge in [-0.15, -0.1) is 0 Å². The van der Waals surface area contributed by atoms with Crippen LogP contribution in [0.15, 0.2) is 12.3 Å². The standard InChI is InChI=1S/C17H24N6O/c1-5-22-10-13(11(2)21-22)17(24)23-8-6-7-15(23)14-9-16(18-4)20-12(3)19-14/h9-10,15H,5-8H2,1-4H3,(H,18,19,20). The third-order valence-corrected chi connectivity index (χ3v) is 4.47. The molecule has 1 unspecified atom stereocenters. The second-order valence-electron chi connectivity index (χ2n) is 6.12. The first-order valence-corrected chi connectivity index (χ1v) is 8.41. The second kappa shape index (κ2) is 6.59. The van der Waals surface area contributed by atoms with Gasteiger partial charge in [0.05, 0.1) is 23.0 Å². The number of likely N-dealkylation sites (tertiary alicyclic amines) is 1. The van der Waals surface area contributed by atoms with Gasteiger partial charge in [-0.1, -0.05) is 0 Å². The zero-order valence-corrected chi connectivity index (χ0v) is 14.7. The summed E-state index contributed by atoms with van der Waals surface area (Å²) in [7, 11) is 1.84. The van der Waals surface area contributed by atoms with Crippen LogP contribution in [-0.2, 0) is 6.54 Å². The van der Waals surface area contributed by atoms with E-state index in [-0.39, 0.29) is 11.9 Å². The van der Waals surface area contributed by atoms with Gasteiger partial charge in [0.1, 0.15) is 11.6 Å². The quantitative estimate of drug-likeness (QED) is 0.932. The van der Waals surface area contributed by atoms with Crippen molar-refractivity contribution in [1.29, 1.82) is 0 Å². The molecule has 128 valence electrons. The summed E-state index contributed by atoms with van der Waals surface area (Å²) in [5, 5.41) is 7.45. The molecular weight excluding hydrogens is 304 g/mol. The van der Waals surface area contributed by atoms with Crippen molar-refractivity contribution in [3.8, 4) is 0 Å². The number of rotatable bonds is 4. The molecular formula is C17H24N6O. The van der Waals surface area contributed by atoms with Gasteiger partial charge in [-0.05, 0) is 33.6 Å². The molecule has 0 radical (unpaired) electrons. The summed E-state index contributed by atoms with van der Waals surface area (Å²) in [6, 6.07) is 1.93. The molecule has 0 aromatic carbocycles. The molecule has 7 nitrogen and oxygen atoms in total. The van der Waals surface area contributed by atoms with Gasteiger partial charge in [-0.25, -0.2) is 9.97 Å². The van der Waals surface area contributed by atoms with Gasteiger partial charge in [-0.2, -0.15) is 5.10 Å². The summed E-state index contributed by atoms with van der Waals surface area (Å²) in [5.41, 5.74) is 2.36. The van der Waals surface area contributed by atoms with E-state index in [1.54, 1.807) is 0 Å². The number of hydrogen-bond acceptors (Lipinski definition) is 5. The van der Waals surface area contributed by atoms with E-state index in [4.69, 9.17) is 0 Å². The number of aromatic nitrogens is 4. The number of amides is 1. The van der Waals surface area contributed by atoms with Gasteiger partial charge in [0.25, 0.3) is 5.91 Å². The summed E-state index contributed by atoms with van der Waals surface area (Å²) < 4.78 is 1.81. The highest BCUT2D eigenvalue weighted by Crippen LogP contribution is 2.33. The number of aryl methyl sites for hydroxylation is 3. The largest absolute Gasteiger partial charge is 0.373 e. The normalized spacial score (nSPS) is 17.3. The minimum Gasteiger partial charge on any atom is -0.373 e. The van der Waals surface area contributed by atoms with Gasteiger partial charge < -0.3 is 10.2 Å². The van der Waals surface area contributed by atoms with Crippen LogP contribution in [0.1, 0.15) is 53.4 Å². The van der Waals surface area contributed by atoms with E-state index in [0.717, 1.165) is 43.1 Å². The molecule has 1 aliphatic heterocycles. The Balaban J connectivity index is 1.91. The van der Waals surface area contributed by atoms with Crippen LogP contribution in [0.25, 0.3) is 0 Å². The van der Waals surface area contributed by atoms with Crippen molar-refractivity contribution in [3.05, 3.63) is 35.0 Å². The Morgan fingerprint density at radius 2 is 2.17 bits per heavy atom. The highest BCUT2D eigenvalue weighted by atomic mass is 16.2. The van der Waals surface area contributed by atoms with Gasteiger partial charge >= 0.3 is 0 Å². The zero-order valence-electron chi connectivity index (χ0n) is 14.7. The molecule has 1 fully saturated rings. The lowest BCUT2D eigenvalue weighted by molar-refractivity contribution is 0.0732. The van der Waals surface area contributed by atoms with E-state index >= 15 is 0 Å². The Kier molecular flexibility index (Phi) is 4.51. The number of carbonyl (C=O) groups is 1. The Hall–Kier alpha value is -2.44. The molecule has 1 atom stereocenters. The van der Waals surface area contributed by atoms with Gasteiger partial charge in [0.2, 0.25) is 0 Å². The molecule has 0 aliphatic carbocycles. The number of hydrogen-bond donors (Lipinski definition) is 1. The third kappa shape index (κ3) is 2.98. The van der Waals surface area contributed by atoms with Gasteiger partial charge in [0, 0.05) is 32.4 Å². The average molecular weight is 328 g/mol. The summed E-state index contributed by atoms with van der Waals surface area (Å²) >= 11 is 0.